The van der Waals surface area contributed by atoms with Crippen LogP contribution in [-0.4, -0.2) is 0 Å². The third-order valence-corrected chi connectivity index (χ3v) is 0.955. The fourth-order valence-corrected chi connectivity index (χ4v) is 0.563. The zero-order chi connectivity index (χ0) is 6.69. The molecule has 0 bridgehead atoms. The van der Waals surface area contributed by atoms with E-state index in [-0.39, 0.29) is 0 Å². The molecule has 0 unspecified atom stereocenters. The number of hydrogen-bond donors (Lipinski definition) is 2. The fraction of sp³-hybridized carbons (Fsp3) is 0. The highest BCUT2D eigenvalue weighted by atomic mass is 14.6. The van der Waals surface area contributed by atoms with Crippen molar-refractivity contribution in [2.75, 3.05) is 0 Å². The molecule has 1 aliphatic rings. The molecular weight excluding hydrogens is 112 g/mol. The highest BCUT2D eigenvalue weighted by Crippen LogP contribution is 2.05. The molecule has 3 N–H and O–H groups in total. The normalized spacial score (nSPS) is 17.1. The summed E-state index contributed by atoms with van der Waals surface area (Å²) in [4.78, 5) is 0. The van der Waals surface area contributed by atoms with Crippen LogP contribution >= 0.6 is 0 Å². The maximum absolute atomic E-state index is 6.71. The van der Waals surface area contributed by atoms with Crippen LogP contribution < -0.4 is 11.0 Å². The van der Waals surface area contributed by atoms with Gasteiger partial charge < -0.3 is 5.73 Å². The lowest BCUT2D eigenvalue weighted by molar-refractivity contribution is -0.0910. The van der Waals surface area contributed by atoms with Gasteiger partial charge in [-0.05, 0) is 12.2 Å². The van der Waals surface area contributed by atoms with Crippen molar-refractivity contribution in [3.8, 4) is 6.07 Å². The second-order valence-electron chi connectivity index (χ2n) is 1.68. The molecule has 1 rings (SSSR count). The Morgan fingerprint density at radius 1 is 1.56 bits per heavy atom. The van der Waals surface area contributed by atoms with Crippen molar-refractivity contribution in [3.05, 3.63) is 35.6 Å². The Morgan fingerprint density at radius 2 is 2.33 bits per heavy atom. The molecule has 1 aliphatic carbocycles. The van der Waals surface area contributed by atoms with Crippen LogP contribution in [0.1, 0.15) is 0 Å². The first-order valence-corrected chi connectivity index (χ1v) is 2.52. The number of allylic oxidation sites excluding steroid dienone is 1. The molecule has 43 valence electrons. The monoisotopic (exact) mass is 118 g/mol. The van der Waals surface area contributed by atoms with E-state index in [4.69, 9.17) is 11.0 Å². The van der Waals surface area contributed by atoms with E-state index in [2.05, 4.69) is 11.8 Å². The summed E-state index contributed by atoms with van der Waals surface area (Å²) < 4.78 is 0. The standard InChI is InChI=1S/C7H5N2/c8-5-6-2-1-3-7(9)4-6/h2-4H,9H2/p+1. The molecule has 1 radical (unpaired) electrons. The number of nitrogens with two attached hydrogens (primary N) is 1. The van der Waals surface area contributed by atoms with Gasteiger partial charge in [-0.3, -0.25) is 0 Å². The minimum Gasteiger partial charge on any atom is -0.316 e. The predicted molar refractivity (Wildman–Crippen MR) is 33.0 cm³/mol. The minimum absolute atomic E-state index is 0.618. The summed E-state index contributed by atoms with van der Waals surface area (Å²) in [5, 5.41) is 6.71. The third-order valence-electron chi connectivity index (χ3n) is 0.955. The molecular formula is C7H6N2+. The largest absolute Gasteiger partial charge is 0.316 e. The highest BCUT2D eigenvalue weighted by Gasteiger charge is 2.01. The Labute approximate surface area is 53.6 Å². The zero-order valence-corrected chi connectivity index (χ0v) is 4.81. The smallest absolute Gasteiger partial charge is 0.308 e. The lowest BCUT2D eigenvalue weighted by atomic mass is 10.1. The van der Waals surface area contributed by atoms with Crippen LogP contribution in [-0.2, 0) is 0 Å². The first kappa shape index (κ1) is 5.84. The Hall–Kier alpha value is -1.29. The average molecular weight is 118 g/mol. The number of hydrogen-bond acceptors (Lipinski definition) is 1. The molecule has 0 aliphatic heterocycles. The average Bonchev–Trinajstić information content (AvgIpc) is 1.88. The van der Waals surface area contributed by atoms with Crippen molar-refractivity contribution in [2.24, 2.45) is 5.73 Å². The van der Waals surface area contributed by atoms with Gasteiger partial charge in [-0.2, -0.15) is 0 Å². The molecule has 0 aromatic carbocycles. The van der Waals surface area contributed by atoms with Crippen molar-refractivity contribution in [3.63, 3.8) is 0 Å². The molecule has 0 amide bonds. The second-order valence-corrected chi connectivity index (χ2v) is 1.68. The maximum Gasteiger partial charge on any atom is 0.308 e. The molecule has 0 saturated heterocycles. The van der Waals surface area contributed by atoms with Crippen molar-refractivity contribution in [2.45, 2.75) is 0 Å². The van der Waals surface area contributed by atoms with Crippen LogP contribution in [0, 0.1) is 12.1 Å². The van der Waals surface area contributed by atoms with Crippen LogP contribution in [0.25, 0.3) is 0 Å². The summed E-state index contributed by atoms with van der Waals surface area (Å²) in [5.74, 6) is 0. The minimum atomic E-state index is 0.618. The summed E-state index contributed by atoms with van der Waals surface area (Å²) in [6.07, 6.45) is 4.98. The van der Waals surface area contributed by atoms with E-state index in [1.54, 1.807) is 18.2 Å². The molecule has 2 heteroatoms. The molecule has 0 atom stereocenters. The summed E-state index contributed by atoms with van der Waals surface area (Å²) in [6.45, 7) is 0. The fourth-order valence-electron chi connectivity index (χ4n) is 0.563. The van der Waals surface area contributed by atoms with Gasteiger partial charge in [0.05, 0.1) is 6.04 Å². The van der Waals surface area contributed by atoms with Gasteiger partial charge in [-0.1, -0.05) is 5.26 Å². The van der Waals surface area contributed by atoms with E-state index >= 15 is 0 Å². The highest BCUT2D eigenvalue weighted by molar-refractivity contribution is 5.42. The molecule has 0 aromatic rings. The second kappa shape index (κ2) is 2.32. The summed E-state index contributed by atoms with van der Waals surface area (Å²) in [5.41, 5.74) is 8.81. The molecule has 0 fully saturated rings. The lowest BCUT2D eigenvalue weighted by Gasteiger charge is -1.96. The van der Waals surface area contributed by atoms with Crippen molar-refractivity contribution >= 4 is 0 Å². The molecule has 9 heavy (non-hydrogen) atoms. The number of nitrogens with one attached hydrogen (secondary N) is 1. The van der Waals surface area contributed by atoms with Gasteiger partial charge in [-0.15, -0.1) is 5.73 Å². The zero-order valence-electron chi connectivity index (χ0n) is 4.81. The van der Waals surface area contributed by atoms with E-state index in [9.17, 15) is 0 Å². The molecule has 0 heterocycles. The van der Waals surface area contributed by atoms with Crippen molar-refractivity contribution < 1.29 is 5.26 Å². The lowest BCUT2D eigenvalue weighted by Crippen LogP contribution is -2.18. The van der Waals surface area contributed by atoms with Crippen LogP contribution in [0.15, 0.2) is 29.5 Å². The van der Waals surface area contributed by atoms with E-state index in [0.717, 1.165) is 0 Å². The van der Waals surface area contributed by atoms with Gasteiger partial charge in [0, 0.05) is 6.08 Å². The Morgan fingerprint density at radius 3 is 2.78 bits per heavy atom. The van der Waals surface area contributed by atoms with Crippen LogP contribution in [0.5, 0.6) is 0 Å². The third kappa shape index (κ3) is 1.30. The van der Waals surface area contributed by atoms with Crippen molar-refractivity contribution in [1.82, 2.24) is 0 Å². The van der Waals surface area contributed by atoms with Gasteiger partial charge in [0.15, 0.2) is 0 Å². The first-order chi connectivity index (χ1) is 4.33. The first-order valence-electron chi connectivity index (χ1n) is 2.52. The quantitative estimate of drug-likeness (QED) is 0.390. The van der Waals surface area contributed by atoms with Gasteiger partial charge in [-0.25, -0.2) is 0 Å². The Bertz CT molecular complexity index is 236. The summed E-state index contributed by atoms with van der Waals surface area (Å²) in [6, 6.07) is 2.82. The van der Waals surface area contributed by atoms with Gasteiger partial charge in [0.2, 0.25) is 0 Å². The Balaban J connectivity index is 2.92. The van der Waals surface area contributed by atoms with Gasteiger partial charge in [0.25, 0.3) is 0 Å². The van der Waals surface area contributed by atoms with Gasteiger partial charge >= 0.3 is 6.07 Å². The molecule has 2 nitrogen and oxygen atoms in total. The van der Waals surface area contributed by atoms with E-state index in [1.165, 1.54) is 0 Å². The summed E-state index contributed by atoms with van der Waals surface area (Å²) in [7, 11) is 0. The maximum atomic E-state index is 6.71. The van der Waals surface area contributed by atoms with Crippen LogP contribution in [0.2, 0.25) is 0 Å². The molecule has 0 spiro atoms. The number of rotatable bonds is 0. The molecule has 0 aromatic heterocycles. The van der Waals surface area contributed by atoms with Gasteiger partial charge in [0.1, 0.15) is 5.57 Å². The predicted octanol–water partition coefficient (Wildman–Crippen LogP) is -1.10. The van der Waals surface area contributed by atoms with E-state index in [0.29, 0.717) is 11.6 Å². The SMILES string of the molecule is [NH+]#CC1=C[C](N)C=C=C1. The van der Waals surface area contributed by atoms with Crippen LogP contribution in [0.4, 0.5) is 0 Å². The van der Waals surface area contributed by atoms with E-state index < -0.39 is 0 Å². The van der Waals surface area contributed by atoms with Crippen molar-refractivity contribution in [1.29, 1.82) is 0 Å². The summed E-state index contributed by atoms with van der Waals surface area (Å²) >= 11 is 0. The van der Waals surface area contributed by atoms with E-state index in [1.807, 2.05) is 0 Å². The Kier molecular flexibility index (Phi) is 1.51. The topological polar surface area (TPSA) is 49.8 Å². The van der Waals surface area contributed by atoms with Crippen LogP contribution in [0.3, 0.4) is 0 Å². The molecule has 0 saturated carbocycles.